The van der Waals surface area contributed by atoms with Crippen LogP contribution in [0.2, 0.25) is 0 Å². The van der Waals surface area contributed by atoms with Gasteiger partial charge in [-0.1, -0.05) is 0 Å². The minimum absolute atomic E-state index is 0.119. The highest BCUT2D eigenvalue weighted by atomic mass is 19.1. The number of carbonyl (C=O) groups excluding carboxylic acids is 1. The maximum atomic E-state index is 12.9. The molecule has 4 heteroatoms. The summed E-state index contributed by atoms with van der Waals surface area (Å²) in [7, 11) is 1.68. The number of ether oxygens (including phenoxy) is 1. The van der Waals surface area contributed by atoms with E-state index in [4.69, 9.17) is 4.74 Å². The summed E-state index contributed by atoms with van der Waals surface area (Å²) in [5.41, 5.74) is 2.33. The number of carbonyl (C=O) groups is 1. The number of halogens is 1. The molecule has 0 aliphatic carbocycles. The van der Waals surface area contributed by atoms with Gasteiger partial charge in [-0.15, -0.1) is 0 Å². The van der Waals surface area contributed by atoms with Gasteiger partial charge in [-0.3, -0.25) is 4.79 Å². The molecule has 102 valence electrons. The molecule has 0 saturated heterocycles. The lowest BCUT2D eigenvalue weighted by Crippen LogP contribution is -2.26. The lowest BCUT2D eigenvalue weighted by atomic mass is 10.1. The van der Waals surface area contributed by atoms with Gasteiger partial charge >= 0.3 is 0 Å². The van der Waals surface area contributed by atoms with Gasteiger partial charge < -0.3 is 9.64 Å². The van der Waals surface area contributed by atoms with Crippen LogP contribution in [-0.2, 0) is 6.42 Å². The monoisotopic (exact) mass is 271 g/mol. The van der Waals surface area contributed by atoms with Crippen molar-refractivity contribution in [1.82, 2.24) is 0 Å². The maximum Gasteiger partial charge on any atom is 0.258 e. The molecule has 1 aliphatic heterocycles. The Morgan fingerprint density at radius 1 is 1.20 bits per heavy atom. The van der Waals surface area contributed by atoms with E-state index in [0.29, 0.717) is 17.9 Å². The van der Waals surface area contributed by atoms with Gasteiger partial charge in [0, 0.05) is 24.7 Å². The molecule has 0 bridgehead atoms. The summed E-state index contributed by atoms with van der Waals surface area (Å²) in [6, 6.07) is 11.3. The Hall–Kier alpha value is -2.36. The number of fused-ring (bicyclic) bond motifs is 1. The van der Waals surface area contributed by atoms with Crippen LogP contribution < -0.4 is 9.64 Å². The van der Waals surface area contributed by atoms with Gasteiger partial charge in [0.1, 0.15) is 11.6 Å². The van der Waals surface area contributed by atoms with E-state index in [1.54, 1.807) is 25.2 Å². The first-order valence-electron chi connectivity index (χ1n) is 6.44. The van der Waals surface area contributed by atoms with Crippen molar-refractivity contribution < 1.29 is 13.9 Å². The van der Waals surface area contributed by atoms with Gasteiger partial charge in [0.15, 0.2) is 0 Å². The number of hydrogen-bond acceptors (Lipinski definition) is 2. The number of anilines is 1. The van der Waals surface area contributed by atoms with E-state index in [-0.39, 0.29) is 11.7 Å². The Morgan fingerprint density at radius 2 is 1.95 bits per heavy atom. The van der Waals surface area contributed by atoms with Crippen molar-refractivity contribution in [3.05, 3.63) is 59.4 Å². The van der Waals surface area contributed by atoms with Gasteiger partial charge in [-0.25, -0.2) is 4.39 Å². The maximum absolute atomic E-state index is 12.9. The SMILES string of the molecule is CN(C(=O)c1ccc2c(c1)CCO2)c1ccc(F)cc1. The minimum Gasteiger partial charge on any atom is -0.493 e. The third-order valence-corrected chi connectivity index (χ3v) is 3.45. The Bertz CT molecular complexity index is 652. The molecule has 3 nitrogen and oxygen atoms in total. The van der Waals surface area contributed by atoms with Crippen molar-refractivity contribution in [3.8, 4) is 5.75 Å². The molecule has 20 heavy (non-hydrogen) atoms. The van der Waals surface area contributed by atoms with E-state index in [0.717, 1.165) is 17.7 Å². The summed E-state index contributed by atoms with van der Waals surface area (Å²) in [5, 5.41) is 0. The zero-order chi connectivity index (χ0) is 14.1. The molecule has 0 N–H and O–H groups in total. The zero-order valence-corrected chi connectivity index (χ0v) is 11.1. The molecule has 3 rings (SSSR count). The Kier molecular flexibility index (Phi) is 3.14. The summed E-state index contributed by atoms with van der Waals surface area (Å²) in [4.78, 5) is 13.9. The second kappa shape index (κ2) is 4.96. The van der Waals surface area contributed by atoms with Crippen LogP contribution in [0.25, 0.3) is 0 Å². The molecule has 0 fully saturated rings. The van der Waals surface area contributed by atoms with E-state index in [1.165, 1.54) is 17.0 Å². The molecule has 0 atom stereocenters. The van der Waals surface area contributed by atoms with Gasteiger partial charge in [0.2, 0.25) is 0 Å². The third kappa shape index (κ3) is 2.25. The van der Waals surface area contributed by atoms with Crippen molar-refractivity contribution in [1.29, 1.82) is 0 Å². The first kappa shape index (κ1) is 12.7. The first-order valence-corrected chi connectivity index (χ1v) is 6.44. The highest BCUT2D eigenvalue weighted by Crippen LogP contribution is 2.27. The van der Waals surface area contributed by atoms with Crippen LogP contribution in [0.15, 0.2) is 42.5 Å². The number of nitrogens with zero attached hydrogens (tertiary/aromatic N) is 1. The van der Waals surface area contributed by atoms with Crippen LogP contribution in [0.5, 0.6) is 5.75 Å². The summed E-state index contributed by atoms with van der Waals surface area (Å²) >= 11 is 0. The molecule has 0 saturated carbocycles. The van der Waals surface area contributed by atoms with Gasteiger partial charge in [-0.05, 0) is 48.0 Å². The van der Waals surface area contributed by atoms with E-state index in [9.17, 15) is 9.18 Å². The van der Waals surface area contributed by atoms with Crippen molar-refractivity contribution in [2.45, 2.75) is 6.42 Å². The van der Waals surface area contributed by atoms with Crippen LogP contribution >= 0.6 is 0 Å². The first-order chi connectivity index (χ1) is 9.65. The second-order valence-electron chi connectivity index (χ2n) is 4.76. The molecular weight excluding hydrogens is 257 g/mol. The van der Waals surface area contributed by atoms with Crippen molar-refractivity contribution in [2.24, 2.45) is 0 Å². The minimum atomic E-state index is -0.315. The standard InChI is InChI=1S/C16H14FNO2/c1-18(14-5-3-13(17)4-6-14)16(19)12-2-7-15-11(10-12)8-9-20-15/h2-7,10H,8-9H2,1H3. The number of rotatable bonds is 2. The second-order valence-corrected chi connectivity index (χ2v) is 4.76. The molecule has 2 aromatic rings. The summed E-state index contributed by atoms with van der Waals surface area (Å²) < 4.78 is 18.3. The smallest absolute Gasteiger partial charge is 0.258 e. The number of amides is 1. The average molecular weight is 271 g/mol. The van der Waals surface area contributed by atoms with E-state index in [2.05, 4.69) is 0 Å². The molecule has 2 aromatic carbocycles. The van der Waals surface area contributed by atoms with Crippen LogP contribution in [0.4, 0.5) is 10.1 Å². The normalized spacial score (nSPS) is 12.7. The average Bonchev–Trinajstić information content (AvgIpc) is 2.94. The Labute approximate surface area is 116 Å². The molecule has 1 amide bonds. The Balaban J connectivity index is 1.86. The fourth-order valence-corrected chi connectivity index (χ4v) is 2.30. The van der Waals surface area contributed by atoms with Crippen LogP contribution in [0.3, 0.4) is 0 Å². The fraction of sp³-hybridized carbons (Fsp3) is 0.188. The van der Waals surface area contributed by atoms with Gasteiger partial charge in [0.25, 0.3) is 5.91 Å². The lowest BCUT2D eigenvalue weighted by Gasteiger charge is -2.17. The summed E-state index contributed by atoms with van der Waals surface area (Å²) in [6.45, 7) is 0.667. The topological polar surface area (TPSA) is 29.5 Å². The molecular formula is C16H14FNO2. The molecule has 0 spiro atoms. The highest BCUT2D eigenvalue weighted by Gasteiger charge is 2.18. The molecule has 0 unspecified atom stereocenters. The molecule has 0 radical (unpaired) electrons. The highest BCUT2D eigenvalue weighted by molar-refractivity contribution is 6.05. The molecule has 1 aliphatic rings. The fourth-order valence-electron chi connectivity index (χ4n) is 2.30. The van der Waals surface area contributed by atoms with Crippen LogP contribution in [-0.4, -0.2) is 19.6 Å². The Morgan fingerprint density at radius 3 is 2.70 bits per heavy atom. The lowest BCUT2D eigenvalue weighted by molar-refractivity contribution is 0.0993. The van der Waals surface area contributed by atoms with E-state index in [1.807, 2.05) is 12.1 Å². The predicted molar refractivity (Wildman–Crippen MR) is 74.8 cm³/mol. The van der Waals surface area contributed by atoms with Gasteiger partial charge in [-0.2, -0.15) is 0 Å². The third-order valence-electron chi connectivity index (χ3n) is 3.45. The van der Waals surface area contributed by atoms with E-state index < -0.39 is 0 Å². The van der Waals surface area contributed by atoms with Crippen LogP contribution in [0.1, 0.15) is 15.9 Å². The zero-order valence-electron chi connectivity index (χ0n) is 11.1. The molecule has 1 heterocycles. The number of benzene rings is 2. The van der Waals surface area contributed by atoms with Crippen molar-refractivity contribution in [2.75, 3.05) is 18.6 Å². The number of hydrogen-bond donors (Lipinski definition) is 0. The largest absolute Gasteiger partial charge is 0.493 e. The van der Waals surface area contributed by atoms with Crippen molar-refractivity contribution >= 4 is 11.6 Å². The van der Waals surface area contributed by atoms with Gasteiger partial charge in [0.05, 0.1) is 6.61 Å². The predicted octanol–water partition coefficient (Wildman–Crippen LogP) is 3.04. The molecule has 0 aromatic heterocycles. The summed E-state index contributed by atoms with van der Waals surface area (Å²) in [5.74, 6) is 0.418. The summed E-state index contributed by atoms with van der Waals surface area (Å²) in [6.07, 6.45) is 0.830. The van der Waals surface area contributed by atoms with Crippen LogP contribution in [0, 0.1) is 5.82 Å². The van der Waals surface area contributed by atoms with E-state index >= 15 is 0 Å². The quantitative estimate of drug-likeness (QED) is 0.840. The van der Waals surface area contributed by atoms with Crippen molar-refractivity contribution in [3.63, 3.8) is 0 Å².